The fraction of sp³-hybridized carbons (Fsp3) is 0.444. The van der Waals surface area contributed by atoms with Crippen LogP contribution >= 0.6 is 0 Å². The molecule has 2 aromatic rings. The number of morpholine rings is 1. The van der Waals surface area contributed by atoms with E-state index < -0.39 is 5.97 Å². The van der Waals surface area contributed by atoms with Crippen LogP contribution in [0.3, 0.4) is 0 Å². The van der Waals surface area contributed by atoms with Crippen LogP contribution in [0.25, 0.3) is 11.0 Å². The molecule has 1 aromatic carbocycles. The minimum Gasteiger partial charge on any atom is -0.492 e. The van der Waals surface area contributed by atoms with Gasteiger partial charge in [0.25, 0.3) is 0 Å². The van der Waals surface area contributed by atoms with E-state index in [4.69, 9.17) is 18.6 Å². The van der Waals surface area contributed by atoms with Gasteiger partial charge in [-0.1, -0.05) is 0 Å². The first kappa shape index (κ1) is 17.4. The smallest absolute Gasteiger partial charge is 0.308 e. The van der Waals surface area contributed by atoms with Gasteiger partial charge in [-0.05, 0) is 6.92 Å². The Kier molecular flexibility index (Phi) is 5.35. The Morgan fingerprint density at radius 3 is 2.72 bits per heavy atom. The topological polar surface area (TPSA) is 78.2 Å². The number of esters is 1. The molecule has 1 aromatic heterocycles. The highest BCUT2D eigenvalue weighted by Crippen LogP contribution is 2.30. The summed E-state index contributed by atoms with van der Waals surface area (Å²) < 4.78 is 21.9. The number of carbonyl (C=O) groups is 1. The second kappa shape index (κ2) is 7.67. The predicted molar refractivity (Wildman–Crippen MR) is 91.3 cm³/mol. The summed E-state index contributed by atoms with van der Waals surface area (Å²) in [5, 5.41) is 0.237. The van der Waals surface area contributed by atoms with Crippen LogP contribution in [-0.2, 0) is 9.53 Å². The van der Waals surface area contributed by atoms with Crippen molar-refractivity contribution in [3.8, 4) is 11.5 Å². The molecular weight excluding hydrogens is 326 g/mol. The second-order valence-corrected chi connectivity index (χ2v) is 5.91. The third-order valence-electron chi connectivity index (χ3n) is 3.92. The molecule has 0 unspecified atom stereocenters. The standard InChI is InChI=1S/C18H21NO6/c1-12-9-15(21)18-16(24-12)10-14(11-17(18)25-13(2)20)23-8-5-19-3-6-22-7-4-19/h9-11H,3-8H2,1-2H3. The molecule has 7 heteroatoms. The molecule has 7 nitrogen and oxygen atoms in total. The van der Waals surface area contributed by atoms with Gasteiger partial charge in [0.2, 0.25) is 0 Å². The number of hydrogen-bond acceptors (Lipinski definition) is 7. The van der Waals surface area contributed by atoms with Gasteiger partial charge in [0, 0.05) is 44.8 Å². The maximum atomic E-state index is 12.2. The number of nitrogens with zero attached hydrogens (tertiary/aromatic N) is 1. The number of carbonyl (C=O) groups excluding carboxylic acids is 1. The van der Waals surface area contributed by atoms with E-state index in [9.17, 15) is 9.59 Å². The highest BCUT2D eigenvalue weighted by molar-refractivity contribution is 5.87. The Balaban J connectivity index is 1.82. The van der Waals surface area contributed by atoms with Crippen LogP contribution in [0.4, 0.5) is 0 Å². The highest BCUT2D eigenvalue weighted by atomic mass is 16.5. The summed E-state index contributed by atoms with van der Waals surface area (Å²) in [5.41, 5.74) is 0.0833. The molecule has 1 aliphatic rings. The van der Waals surface area contributed by atoms with E-state index >= 15 is 0 Å². The first-order valence-electron chi connectivity index (χ1n) is 8.23. The van der Waals surface area contributed by atoms with Crippen LogP contribution in [0.2, 0.25) is 0 Å². The van der Waals surface area contributed by atoms with Crippen molar-refractivity contribution in [3.63, 3.8) is 0 Å². The molecule has 0 radical (unpaired) electrons. The molecule has 0 atom stereocenters. The van der Waals surface area contributed by atoms with Crippen molar-refractivity contribution in [2.75, 3.05) is 39.5 Å². The number of aryl methyl sites for hydroxylation is 1. The second-order valence-electron chi connectivity index (χ2n) is 5.91. The zero-order valence-electron chi connectivity index (χ0n) is 14.4. The van der Waals surface area contributed by atoms with E-state index in [1.807, 2.05) is 0 Å². The Hall–Kier alpha value is -2.38. The Morgan fingerprint density at radius 1 is 1.24 bits per heavy atom. The highest BCUT2D eigenvalue weighted by Gasteiger charge is 2.15. The zero-order valence-corrected chi connectivity index (χ0v) is 14.4. The summed E-state index contributed by atoms with van der Waals surface area (Å²) in [4.78, 5) is 25.8. The van der Waals surface area contributed by atoms with Crippen LogP contribution < -0.4 is 14.9 Å². The van der Waals surface area contributed by atoms with Crippen molar-refractivity contribution >= 4 is 16.9 Å². The van der Waals surface area contributed by atoms with Crippen molar-refractivity contribution in [2.24, 2.45) is 0 Å². The van der Waals surface area contributed by atoms with Gasteiger partial charge < -0.3 is 18.6 Å². The quantitative estimate of drug-likeness (QED) is 0.602. The molecular formula is C18H21NO6. The van der Waals surface area contributed by atoms with Gasteiger partial charge in [-0.2, -0.15) is 0 Å². The molecule has 1 saturated heterocycles. The van der Waals surface area contributed by atoms with Crippen LogP contribution in [0, 0.1) is 6.92 Å². The van der Waals surface area contributed by atoms with Gasteiger partial charge in [0.15, 0.2) is 5.43 Å². The lowest BCUT2D eigenvalue weighted by Gasteiger charge is -2.26. The van der Waals surface area contributed by atoms with Gasteiger partial charge in [-0.3, -0.25) is 14.5 Å². The van der Waals surface area contributed by atoms with Gasteiger partial charge in [0.1, 0.15) is 34.8 Å². The molecule has 3 rings (SSSR count). The molecule has 25 heavy (non-hydrogen) atoms. The predicted octanol–water partition coefficient (Wildman–Crippen LogP) is 1.74. The number of hydrogen-bond donors (Lipinski definition) is 0. The summed E-state index contributed by atoms with van der Waals surface area (Å²) in [6.07, 6.45) is 0. The third-order valence-corrected chi connectivity index (χ3v) is 3.92. The summed E-state index contributed by atoms with van der Waals surface area (Å²) in [6.45, 7) is 7.45. The molecule has 1 aliphatic heterocycles. The van der Waals surface area contributed by atoms with E-state index in [1.165, 1.54) is 13.0 Å². The maximum absolute atomic E-state index is 12.2. The average Bonchev–Trinajstić information content (AvgIpc) is 2.54. The van der Waals surface area contributed by atoms with E-state index in [0.29, 0.717) is 23.7 Å². The molecule has 0 saturated carbocycles. The lowest BCUT2D eigenvalue weighted by Crippen LogP contribution is -2.38. The van der Waals surface area contributed by atoms with E-state index in [1.54, 1.807) is 19.1 Å². The third kappa shape index (κ3) is 4.37. The molecule has 1 fully saturated rings. The largest absolute Gasteiger partial charge is 0.492 e. The minimum atomic E-state index is -0.508. The maximum Gasteiger partial charge on any atom is 0.308 e. The van der Waals surface area contributed by atoms with E-state index in [-0.39, 0.29) is 16.6 Å². The minimum absolute atomic E-state index is 0.153. The van der Waals surface area contributed by atoms with Crippen molar-refractivity contribution in [2.45, 2.75) is 13.8 Å². The Bertz CT molecular complexity index is 822. The molecule has 2 heterocycles. The van der Waals surface area contributed by atoms with Gasteiger partial charge in [0.05, 0.1) is 13.2 Å². The molecule has 0 aliphatic carbocycles. The van der Waals surface area contributed by atoms with Crippen LogP contribution in [0.15, 0.2) is 27.4 Å². The van der Waals surface area contributed by atoms with E-state index in [2.05, 4.69) is 4.90 Å². The summed E-state index contributed by atoms with van der Waals surface area (Å²) in [7, 11) is 0. The van der Waals surface area contributed by atoms with Crippen molar-refractivity contribution in [1.29, 1.82) is 0 Å². The SMILES string of the molecule is CC(=O)Oc1cc(OCCN2CCOCC2)cc2oc(C)cc(=O)c12. The fourth-order valence-corrected chi connectivity index (χ4v) is 2.78. The van der Waals surface area contributed by atoms with Gasteiger partial charge in [-0.15, -0.1) is 0 Å². The molecule has 0 amide bonds. The van der Waals surface area contributed by atoms with Crippen molar-refractivity contribution < 1.29 is 23.4 Å². The number of benzene rings is 1. The van der Waals surface area contributed by atoms with Crippen LogP contribution in [0.1, 0.15) is 12.7 Å². The van der Waals surface area contributed by atoms with Crippen molar-refractivity contribution in [1.82, 2.24) is 4.90 Å². The van der Waals surface area contributed by atoms with Gasteiger partial charge >= 0.3 is 5.97 Å². The number of rotatable bonds is 5. The number of ether oxygens (including phenoxy) is 3. The first-order chi connectivity index (χ1) is 12.0. The zero-order chi connectivity index (χ0) is 17.8. The van der Waals surface area contributed by atoms with Gasteiger partial charge in [-0.25, -0.2) is 0 Å². The average molecular weight is 347 g/mol. The first-order valence-corrected chi connectivity index (χ1v) is 8.23. The normalized spacial score (nSPS) is 15.3. The molecule has 134 valence electrons. The lowest BCUT2D eigenvalue weighted by molar-refractivity contribution is -0.131. The fourth-order valence-electron chi connectivity index (χ4n) is 2.78. The summed E-state index contributed by atoms with van der Waals surface area (Å²) in [5.74, 6) is 0.620. The lowest BCUT2D eigenvalue weighted by atomic mass is 10.2. The van der Waals surface area contributed by atoms with E-state index in [0.717, 1.165) is 32.8 Å². The van der Waals surface area contributed by atoms with Crippen LogP contribution in [0.5, 0.6) is 11.5 Å². The van der Waals surface area contributed by atoms with Crippen LogP contribution in [-0.4, -0.2) is 50.3 Å². The molecule has 0 spiro atoms. The summed E-state index contributed by atoms with van der Waals surface area (Å²) in [6, 6.07) is 4.57. The molecule has 0 N–H and O–H groups in total. The summed E-state index contributed by atoms with van der Waals surface area (Å²) >= 11 is 0. The molecule has 0 bridgehead atoms. The Morgan fingerprint density at radius 2 is 2.00 bits per heavy atom. The number of fused-ring (bicyclic) bond motifs is 1. The monoisotopic (exact) mass is 347 g/mol. The van der Waals surface area contributed by atoms with Crippen molar-refractivity contribution in [3.05, 3.63) is 34.2 Å². The Labute approximate surface area is 145 Å².